The second-order valence-electron chi connectivity index (χ2n) is 4.90. The minimum Gasteiger partial charge on any atom is -0.497 e. The average Bonchev–Trinajstić information content (AvgIpc) is 2.64. The Morgan fingerprint density at radius 1 is 1.08 bits per heavy atom. The van der Waals surface area contributed by atoms with Gasteiger partial charge >= 0.3 is 5.97 Å². The van der Waals surface area contributed by atoms with Gasteiger partial charge in [-0.3, -0.25) is 0 Å². The predicted molar refractivity (Wildman–Crippen MR) is 96.6 cm³/mol. The van der Waals surface area contributed by atoms with Crippen molar-refractivity contribution in [1.29, 1.82) is 0 Å². The van der Waals surface area contributed by atoms with Crippen LogP contribution in [-0.4, -0.2) is 26.4 Å². The molecule has 0 saturated carbocycles. The van der Waals surface area contributed by atoms with Gasteiger partial charge in [-0.25, -0.2) is 4.79 Å². The number of hydrogen-bond acceptors (Lipinski definition) is 5. The lowest BCUT2D eigenvalue weighted by Gasteiger charge is -2.07. The number of rotatable bonds is 7. The molecule has 0 aliphatic rings. The van der Waals surface area contributed by atoms with E-state index in [0.29, 0.717) is 11.5 Å². The number of benzene rings is 2. The minimum atomic E-state index is -0.401. The first kappa shape index (κ1) is 17.9. The summed E-state index contributed by atoms with van der Waals surface area (Å²) in [6.07, 6.45) is 5.07. The summed E-state index contributed by atoms with van der Waals surface area (Å²) >= 11 is 1.67. The number of thioether (sulfide) groups is 1. The van der Waals surface area contributed by atoms with Crippen LogP contribution in [0.2, 0.25) is 0 Å². The fraction of sp³-hybridized carbons (Fsp3) is 0.211. The summed E-state index contributed by atoms with van der Waals surface area (Å²) in [4.78, 5) is 13.0. The predicted octanol–water partition coefficient (Wildman–Crippen LogP) is 4.18. The Labute approximate surface area is 146 Å². The largest absolute Gasteiger partial charge is 0.497 e. The van der Waals surface area contributed by atoms with Crippen molar-refractivity contribution in [2.24, 2.45) is 0 Å². The van der Waals surface area contributed by atoms with Crippen molar-refractivity contribution in [3.8, 4) is 11.5 Å². The SMILES string of the molecule is COc1ccc(/C=C/C(=O)OCc2ccc(SC)cc2)c(OC)c1. The Bertz CT molecular complexity index is 708. The smallest absolute Gasteiger partial charge is 0.331 e. The maximum atomic E-state index is 11.9. The lowest BCUT2D eigenvalue weighted by Crippen LogP contribution is -2.00. The first-order valence-electron chi connectivity index (χ1n) is 7.36. The van der Waals surface area contributed by atoms with Gasteiger partial charge < -0.3 is 14.2 Å². The molecule has 0 amide bonds. The molecule has 0 spiro atoms. The summed E-state index contributed by atoms with van der Waals surface area (Å²) in [6, 6.07) is 13.3. The highest BCUT2D eigenvalue weighted by atomic mass is 32.2. The van der Waals surface area contributed by atoms with Gasteiger partial charge in [0.1, 0.15) is 18.1 Å². The third-order valence-electron chi connectivity index (χ3n) is 3.38. The van der Waals surface area contributed by atoms with Gasteiger partial charge in [0.05, 0.1) is 14.2 Å². The van der Waals surface area contributed by atoms with Gasteiger partial charge in [0.15, 0.2) is 0 Å². The molecule has 0 atom stereocenters. The molecule has 0 saturated heterocycles. The Morgan fingerprint density at radius 2 is 1.83 bits per heavy atom. The molecule has 2 rings (SSSR count). The van der Waals surface area contributed by atoms with Gasteiger partial charge in [0.2, 0.25) is 0 Å². The van der Waals surface area contributed by atoms with Crippen molar-refractivity contribution in [1.82, 2.24) is 0 Å². The second-order valence-corrected chi connectivity index (χ2v) is 5.78. The Kier molecular flexibility index (Phi) is 6.75. The van der Waals surface area contributed by atoms with Crippen LogP contribution in [0.25, 0.3) is 6.08 Å². The Hall–Kier alpha value is -2.40. The molecule has 0 aliphatic heterocycles. The monoisotopic (exact) mass is 344 g/mol. The minimum absolute atomic E-state index is 0.248. The van der Waals surface area contributed by atoms with E-state index >= 15 is 0 Å². The lowest BCUT2D eigenvalue weighted by molar-refractivity contribution is -0.138. The van der Waals surface area contributed by atoms with Gasteiger partial charge in [-0.2, -0.15) is 0 Å². The van der Waals surface area contributed by atoms with E-state index in [1.54, 1.807) is 44.2 Å². The Balaban J connectivity index is 1.94. The first-order valence-corrected chi connectivity index (χ1v) is 8.58. The van der Waals surface area contributed by atoms with Gasteiger partial charge in [-0.1, -0.05) is 12.1 Å². The van der Waals surface area contributed by atoms with Crippen molar-refractivity contribution in [3.63, 3.8) is 0 Å². The summed E-state index contributed by atoms with van der Waals surface area (Å²) in [5.74, 6) is 0.924. The highest BCUT2D eigenvalue weighted by molar-refractivity contribution is 7.98. The molecular weight excluding hydrogens is 324 g/mol. The highest BCUT2D eigenvalue weighted by Crippen LogP contribution is 2.25. The lowest BCUT2D eigenvalue weighted by atomic mass is 10.1. The highest BCUT2D eigenvalue weighted by Gasteiger charge is 2.04. The average molecular weight is 344 g/mol. The number of esters is 1. The van der Waals surface area contributed by atoms with Crippen molar-refractivity contribution < 1.29 is 19.0 Å². The van der Waals surface area contributed by atoms with Gasteiger partial charge in [0, 0.05) is 22.6 Å². The zero-order chi connectivity index (χ0) is 17.4. The third kappa shape index (κ3) is 5.06. The molecule has 0 heterocycles. The van der Waals surface area contributed by atoms with Crippen LogP contribution in [0.3, 0.4) is 0 Å². The standard InChI is InChI=1S/C19H20O4S/c1-21-16-8-6-15(18(12-16)22-2)7-11-19(20)23-13-14-4-9-17(24-3)10-5-14/h4-12H,13H2,1-3H3/b11-7+. The fourth-order valence-corrected chi connectivity index (χ4v) is 2.45. The number of hydrogen-bond donors (Lipinski definition) is 0. The van der Waals surface area contributed by atoms with Gasteiger partial charge in [-0.15, -0.1) is 11.8 Å². The number of carbonyl (C=O) groups is 1. The van der Waals surface area contributed by atoms with Crippen LogP contribution in [0.15, 0.2) is 53.4 Å². The van der Waals surface area contributed by atoms with E-state index in [1.165, 1.54) is 11.0 Å². The molecule has 0 radical (unpaired) electrons. The van der Waals surface area contributed by atoms with E-state index in [4.69, 9.17) is 14.2 Å². The third-order valence-corrected chi connectivity index (χ3v) is 4.12. The molecule has 2 aromatic carbocycles. The van der Waals surface area contributed by atoms with Crippen molar-refractivity contribution in [2.75, 3.05) is 20.5 Å². The van der Waals surface area contributed by atoms with E-state index in [1.807, 2.05) is 36.6 Å². The molecule has 24 heavy (non-hydrogen) atoms. The van der Waals surface area contributed by atoms with Crippen LogP contribution < -0.4 is 9.47 Å². The fourth-order valence-electron chi connectivity index (χ4n) is 2.04. The maximum absolute atomic E-state index is 11.9. The van der Waals surface area contributed by atoms with E-state index in [-0.39, 0.29) is 6.61 Å². The van der Waals surface area contributed by atoms with Crippen LogP contribution >= 0.6 is 11.8 Å². The van der Waals surface area contributed by atoms with Crippen LogP contribution in [0.1, 0.15) is 11.1 Å². The summed E-state index contributed by atoms with van der Waals surface area (Å²) in [5.41, 5.74) is 1.73. The molecule has 0 unspecified atom stereocenters. The molecule has 0 aromatic heterocycles. The van der Waals surface area contributed by atoms with E-state index in [2.05, 4.69) is 0 Å². The quantitative estimate of drug-likeness (QED) is 0.428. The van der Waals surface area contributed by atoms with E-state index in [9.17, 15) is 4.79 Å². The van der Waals surface area contributed by atoms with Crippen molar-refractivity contribution >= 4 is 23.8 Å². The first-order chi connectivity index (χ1) is 11.7. The number of methoxy groups -OCH3 is 2. The zero-order valence-electron chi connectivity index (χ0n) is 13.9. The molecule has 4 nitrogen and oxygen atoms in total. The zero-order valence-corrected chi connectivity index (χ0v) is 14.8. The molecule has 0 bridgehead atoms. The molecule has 5 heteroatoms. The molecule has 0 aliphatic carbocycles. The van der Waals surface area contributed by atoms with Gasteiger partial charge in [0.25, 0.3) is 0 Å². The summed E-state index contributed by atoms with van der Waals surface area (Å²) in [6.45, 7) is 0.248. The molecule has 126 valence electrons. The van der Waals surface area contributed by atoms with Gasteiger partial charge in [-0.05, 0) is 42.2 Å². The summed E-state index contributed by atoms with van der Waals surface area (Å²) in [5, 5.41) is 0. The Morgan fingerprint density at radius 3 is 2.46 bits per heavy atom. The van der Waals surface area contributed by atoms with Crippen molar-refractivity contribution in [2.45, 2.75) is 11.5 Å². The van der Waals surface area contributed by atoms with Crippen LogP contribution in [0, 0.1) is 0 Å². The van der Waals surface area contributed by atoms with E-state index < -0.39 is 5.97 Å². The molecule has 0 N–H and O–H groups in total. The van der Waals surface area contributed by atoms with Crippen molar-refractivity contribution in [3.05, 3.63) is 59.7 Å². The molecular formula is C19H20O4S. The summed E-state index contributed by atoms with van der Waals surface area (Å²) in [7, 11) is 3.16. The summed E-state index contributed by atoms with van der Waals surface area (Å²) < 4.78 is 15.7. The number of ether oxygens (including phenoxy) is 3. The van der Waals surface area contributed by atoms with Crippen LogP contribution in [-0.2, 0) is 16.1 Å². The number of carbonyl (C=O) groups excluding carboxylic acids is 1. The van der Waals surface area contributed by atoms with Crippen LogP contribution in [0.5, 0.6) is 11.5 Å². The van der Waals surface area contributed by atoms with E-state index in [0.717, 1.165) is 11.1 Å². The second kappa shape index (κ2) is 9.03. The van der Waals surface area contributed by atoms with Crippen LogP contribution in [0.4, 0.5) is 0 Å². The molecule has 2 aromatic rings. The molecule has 0 fully saturated rings. The maximum Gasteiger partial charge on any atom is 0.331 e. The topological polar surface area (TPSA) is 44.8 Å². The normalized spacial score (nSPS) is 10.6.